The molecule has 2 saturated carbocycles. The second-order valence-corrected chi connectivity index (χ2v) is 12.5. The largest absolute Gasteiger partial charge is 0.207 e. The van der Waals surface area contributed by atoms with Gasteiger partial charge in [-0.1, -0.05) is 87.5 Å². The Bertz CT molecular complexity index is 781. The SMILES string of the molecule is C[SiH2]CCCC1CCC(C2CCC(CCc3ccc(-c4ccc(F)cc4)cc3)CC2)CC1. The topological polar surface area (TPSA) is 0 Å². The van der Waals surface area contributed by atoms with Crippen LogP contribution < -0.4 is 0 Å². The molecule has 0 spiro atoms. The first-order valence-corrected chi connectivity index (χ1v) is 16.0. The van der Waals surface area contributed by atoms with Crippen LogP contribution in [0.5, 0.6) is 0 Å². The van der Waals surface area contributed by atoms with Crippen molar-refractivity contribution >= 4 is 9.52 Å². The third-order valence-electron chi connectivity index (χ3n) is 8.64. The Labute approximate surface area is 198 Å². The fourth-order valence-corrected chi connectivity index (χ4v) is 7.25. The van der Waals surface area contributed by atoms with Crippen LogP contribution in [-0.4, -0.2) is 9.52 Å². The molecule has 2 heteroatoms. The Morgan fingerprint density at radius 2 is 1.19 bits per heavy atom. The average Bonchev–Trinajstić information content (AvgIpc) is 2.85. The predicted octanol–water partition coefficient (Wildman–Crippen LogP) is 8.45. The summed E-state index contributed by atoms with van der Waals surface area (Å²) in [6.07, 6.45) is 17.6. The number of hydrogen-bond acceptors (Lipinski definition) is 0. The molecule has 0 nitrogen and oxygen atoms in total. The van der Waals surface area contributed by atoms with Gasteiger partial charge in [-0.3, -0.25) is 0 Å². The van der Waals surface area contributed by atoms with Gasteiger partial charge in [-0.25, -0.2) is 4.39 Å². The van der Waals surface area contributed by atoms with Gasteiger partial charge in [0.15, 0.2) is 0 Å². The molecule has 0 unspecified atom stereocenters. The maximum Gasteiger partial charge on any atom is 0.123 e. The molecule has 2 fully saturated rings. The third kappa shape index (κ3) is 6.79. The van der Waals surface area contributed by atoms with Gasteiger partial charge in [-0.15, -0.1) is 0 Å². The van der Waals surface area contributed by atoms with Crippen LogP contribution in [0.1, 0.15) is 76.2 Å². The van der Waals surface area contributed by atoms with Crippen molar-refractivity contribution in [3.63, 3.8) is 0 Å². The zero-order chi connectivity index (χ0) is 22.2. The van der Waals surface area contributed by atoms with Crippen LogP contribution in [0.4, 0.5) is 4.39 Å². The smallest absolute Gasteiger partial charge is 0.123 e. The van der Waals surface area contributed by atoms with Crippen LogP contribution >= 0.6 is 0 Å². The normalized spacial score (nSPS) is 26.6. The fraction of sp³-hybridized carbons (Fsp3) is 0.600. The molecule has 0 radical (unpaired) electrons. The van der Waals surface area contributed by atoms with Crippen molar-refractivity contribution in [2.24, 2.45) is 23.7 Å². The van der Waals surface area contributed by atoms with E-state index >= 15 is 0 Å². The van der Waals surface area contributed by atoms with E-state index in [1.54, 1.807) is 18.2 Å². The lowest BCUT2D eigenvalue weighted by Gasteiger charge is -2.38. The maximum atomic E-state index is 13.1. The van der Waals surface area contributed by atoms with Gasteiger partial charge in [-0.2, -0.15) is 0 Å². The summed E-state index contributed by atoms with van der Waals surface area (Å²) in [7, 11) is 0.288. The quantitative estimate of drug-likeness (QED) is 0.265. The molecule has 4 rings (SSSR count). The summed E-state index contributed by atoms with van der Waals surface area (Å²) in [5.41, 5.74) is 3.71. The van der Waals surface area contributed by atoms with Gasteiger partial charge in [0, 0.05) is 9.52 Å². The molecule has 2 aliphatic rings. The lowest BCUT2D eigenvalue weighted by Crippen LogP contribution is -2.26. The number of benzene rings is 2. The van der Waals surface area contributed by atoms with Gasteiger partial charge >= 0.3 is 0 Å². The summed E-state index contributed by atoms with van der Waals surface area (Å²) < 4.78 is 13.1. The van der Waals surface area contributed by atoms with E-state index in [9.17, 15) is 4.39 Å². The van der Waals surface area contributed by atoms with Crippen molar-refractivity contribution in [2.45, 2.75) is 89.6 Å². The van der Waals surface area contributed by atoms with E-state index in [2.05, 4.69) is 30.8 Å². The van der Waals surface area contributed by atoms with Crippen LogP contribution in [0.2, 0.25) is 12.6 Å². The minimum absolute atomic E-state index is 0.170. The number of rotatable bonds is 9. The molecule has 0 amide bonds. The highest BCUT2D eigenvalue weighted by molar-refractivity contribution is 6.33. The molecule has 0 saturated heterocycles. The van der Waals surface area contributed by atoms with Gasteiger partial charge in [0.2, 0.25) is 0 Å². The van der Waals surface area contributed by atoms with Gasteiger partial charge in [-0.05, 0) is 91.0 Å². The summed E-state index contributed by atoms with van der Waals surface area (Å²) in [5, 5.41) is 0. The highest BCUT2D eigenvalue weighted by Crippen LogP contribution is 2.43. The minimum Gasteiger partial charge on any atom is -0.207 e. The van der Waals surface area contributed by atoms with Crippen LogP contribution in [-0.2, 0) is 6.42 Å². The van der Waals surface area contributed by atoms with Crippen LogP contribution in [0, 0.1) is 29.5 Å². The fourth-order valence-electron chi connectivity index (χ4n) is 6.46. The Morgan fingerprint density at radius 3 is 1.72 bits per heavy atom. The molecule has 0 bridgehead atoms. The van der Waals surface area contributed by atoms with Gasteiger partial charge in [0.25, 0.3) is 0 Å². The van der Waals surface area contributed by atoms with E-state index in [0.717, 1.165) is 29.2 Å². The zero-order valence-corrected chi connectivity index (χ0v) is 21.6. The molecule has 0 heterocycles. The average molecular weight is 451 g/mol. The minimum atomic E-state index is -0.170. The van der Waals surface area contributed by atoms with E-state index in [1.807, 2.05) is 12.1 Å². The molecular weight excluding hydrogens is 407 g/mol. The third-order valence-corrected chi connectivity index (χ3v) is 9.85. The lowest BCUT2D eigenvalue weighted by molar-refractivity contribution is 0.141. The van der Waals surface area contributed by atoms with Crippen molar-refractivity contribution < 1.29 is 4.39 Å². The van der Waals surface area contributed by atoms with E-state index in [1.165, 1.54) is 88.2 Å². The Kier molecular flexibility index (Phi) is 9.02. The van der Waals surface area contributed by atoms with Crippen molar-refractivity contribution in [1.29, 1.82) is 0 Å². The summed E-state index contributed by atoms with van der Waals surface area (Å²) in [5.74, 6) is 3.91. The highest BCUT2D eigenvalue weighted by Gasteiger charge is 2.30. The molecule has 0 aromatic heterocycles. The van der Waals surface area contributed by atoms with Crippen LogP contribution in [0.25, 0.3) is 11.1 Å². The van der Waals surface area contributed by atoms with Crippen LogP contribution in [0.15, 0.2) is 48.5 Å². The number of aryl methyl sites for hydroxylation is 1. The van der Waals surface area contributed by atoms with E-state index in [0.29, 0.717) is 0 Å². The van der Waals surface area contributed by atoms with Crippen LogP contribution in [0.3, 0.4) is 0 Å². The molecule has 174 valence electrons. The molecule has 2 aromatic rings. The van der Waals surface area contributed by atoms with E-state index in [-0.39, 0.29) is 15.3 Å². The number of hydrogen-bond donors (Lipinski definition) is 0. The van der Waals surface area contributed by atoms with E-state index in [4.69, 9.17) is 0 Å². The van der Waals surface area contributed by atoms with Crippen molar-refractivity contribution in [1.82, 2.24) is 0 Å². The Hall–Kier alpha value is -1.41. The summed E-state index contributed by atoms with van der Waals surface area (Å²) in [6.45, 7) is 2.46. The summed E-state index contributed by atoms with van der Waals surface area (Å²) in [4.78, 5) is 0. The molecule has 0 aliphatic heterocycles. The molecular formula is C30H43FSi. The Morgan fingerprint density at radius 1 is 0.688 bits per heavy atom. The first kappa shape index (κ1) is 23.7. The van der Waals surface area contributed by atoms with Crippen molar-refractivity contribution in [2.75, 3.05) is 0 Å². The molecule has 2 aromatic carbocycles. The first-order chi connectivity index (χ1) is 15.7. The van der Waals surface area contributed by atoms with Gasteiger partial charge in [0.1, 0.15) is 5.82 Å². The standard InChI is InChI=1S/C30H43FSi/c1-32-22-2-3-23-6-12-26(13-7-23)27-14-8-24(9-15-27)4-5-25-10-16-28(17-11-25)29-18-20-30(31)21-19-29/h10-11,16-21,23-24,26-27H,2-9,12-15,22,32H2,1H3. The monoisotopic (exact) mass is 450 g/mol. The first-order valence-electron chi connectivity index (χ1n) is 13.6. The lowest BCUT2D eigenvalue weighted by atomic mass is 9.68. The molecule has 0 N–H and O–H groups in total. The number of halogens is 1. The summed E-state index contributed by atoms with van der Waals surface area (Å²) >= 11 is 0. The zero-order valence-electron chi connectivity index (χ0n) is 20.2. The Balaban J connectivity index is 1.15. The molecule has 2 aliphatic carbocycles. The molecule has 0 atom stereocenters. The van der Waals surface area contributed by atoms with E-state index < -0.39 is 0 Å². The van der Waals surface area contributed by atoms with Gasteiger partial charge < -0.3 is 0 Å². The summed E-state index contributed by atoms with van der Waals surface area (Å²) in [6, 6.07) is 17.3. The second kappa shape index (κ2) is 12.2. The van der Waals surface area contributed by atoms with Crippen molar-refractivity contribution in [3.8, 4) is 11.1 Å². The second-order valence-electron chi connectivity index (χ2n) is 10.8. The van der Waals surface area contributed by atoms with Gasteiger partial charge in [0.05, 0.1) is 0 Å². The highest BCUT2D eigenvalue weighted by atomic mass is 28.2. The maximum absolute atomic E-state index is 13.1. The predicted molar refractivity (Wildman–Crippen MR) is 140 cm³/mol. The molecule has 32 heavy (non-hydrogen) atoms. The van der Waals surface area contributed by atoms with Crippen molar-refractivity contribution in [3.05, 3.63) is 59.9 Å².